The van der Waals surface area contributed by atoms with E-state index in [9.17, 15) is 4.79 Å². The fraction of sp³-hybridized carbons (Fsp3) is 0.533. The Labute approximate surface area is 119 Å². The van der Waals surface area contributed by atoms with Gasteiger partial charge in [0.15, 0.2) is 0 Å². The summed E-state index contributed by atoms with van der Waals surface area (Å²) in [5.74, 6) is 0.0848. The highest BCUT2D eigenvalue weighted by Crippen LogP contribution is 2.34. The summed E-state index contributed by atoms with van der Waals surface area (Å²) in [4.78, 5) is 13.8. The van der Waals surface area contributed by atoms with Gasteiger partial charge in [-0.3, -0.25) is 4.79 Å². The van der Waals surface area contributed by atoms with Crippen molar-refractivity contribution in [2.24, 2.45) is 0 Å². The second-order valence-corrected chi connectivity index (χ2v) is 5.46. The number of benzene rings is 1. The topological polar surface area (TPSA) is 67.6 Å². The zero-order chi connectivity index (χ0) is 14.1. The average Bonchev–Trinajstić information content (AvgIpc) is 2.47. The second-order valence-electron chi connectivity index (χ2n) is 5.46. The Hall–Kier alpha value is -1.75. The molecular formula is C15H21N3O2. The number of morpholine rings is 1. The molecule has 1 fully saturated rings. The summed E-state index contributed by atoms with van der Waals surface area (Å²) in [6.07, 6.45) is 2.57. The van der Waals surface area contributed by atoms with Crippen LogP contribution in [-0.2, 0) is 16.0 Å². The number of nitrogens with two attached hydrogens (primary N) is 1. The summed E-state index contributed by atoms with van der Waals surface area (Å²) >= 11 is 0. The van der Waals surface area contributed by atoms with E-state index in [1.807, 2.05) is 12.1 Å². The van der Waals surface area contributed by atoms with Crippen molar-refractivity contribution in [1.82, 2.24) is 0 Å². The summed E-state index contributed by atoms with van der Waals surface area (Å²) in [5, 5.41) is 2.94. The largest absolute Gasteiger partial charge is 0.397 e. The molecule has 0 spiro atoms. The zero-order valence-electron chi connectivity index (χ0n) is 11.8. The summed E-state index contributed by atoms with van der Waals surface area (Å²) in [6.45, 7) is 4.55. The predicted octanol–water partition coefficient (Wildman–Crippen LogP) is 1.77. The van der Waals surface area contributed by atoms with Crippen LogP contribution in [0.15, 0.2) is 12.1 Å². The highest BCUT2D eigenvalue weighted by molar-refractivity contribution is 5.95. The van der Waals surface area contributed by atoms with Crippen LogP contribution in [0.1, 0.15) is 25.3 Å². The first kappa shape index (κ1) is 13.2. The van der Waals surface area contributed by atoms with Gasteiger partial charge in [0.25, 0.3) is 0 Å². The summed E-state index contributed by atoms with van der Waals surface area (Å²) < 4.78 is 5.70. The number of hydrogen-bond donors (Lipinski definition) is 2. The molecule has 0 aliphatic carbocycles. The number of amides is 1. The third-order valence-electron chi connectivity index (χ3n) is 4.08. The first-order valence-electron chi connectivity index (χ1n) is 7.26. The summed E-state index contributed by atoms with van der Waals surface area (Å²) in [5.41, 5.74) is 10.0. The molecule has 1 aromatic rings. The van der Waals surface area contributed by atoms with Crippen molar-refractivity contribution in [2.45, 2.75) is 32.3 Å². The number of fused-ring (bicyclic) bond motifs is 1. The molecule has 1 atom stereocenters. The van der Waals surface area contributed by atoms with Gasteiger partial charge in [0.1, 0.15) is 0 Å². The quantitative estimate of drug-likeness (QED) is 0.807. The smallest absolute Gasteiger partial charge is 0.224 e. The number of nitrogens with zero attached hydrogens (tertiary/aromatic N) is 1. The van der Waals surface area contributed by atoms with Gasteiger partial charge in [-0.25, -0.2) is 0 Å². The van der Waals surface area contributed by atoms with Gasteiger partial charge in [0.05, 0.1) is 24.1 Å². The summed E-state index contributed by atoms with van der Waals surface area (Å²) in [7, 11) is 0. The molecule has 2 aliphatic heterocycles. The van der Waals surface area contributed by atoms with Gasteiger partial charge >= 0.3 is 0 Å². The van der Waals surface area contributed by atoms with Gasteiger partial charge in [-0.2, -0.15) is 0 Å². The summed E-state index contributed by atoms with van der Waals surface area (Å²) in [6, 6.07) is 4.01. The molecule has 108 valence electrons. The van der Waals surface area contributed by atoms with E-state index >= 15 is 0 Å². The Morgan fingerprint density at radius 1 is 1.45 bits per heavy atom. The van der Waals surface area contributed by atoms with Crippen molar-refractivity contribution < 1.29 is 9.53 Å². The number of ether oxygens (including phenoxy) is 1. The standard InChI is InChI=1S/C15H21N3O2/c1-2-11-9-18(5-6-20-11)14-8-13-10(7-12(14)16)3-4-15(19)17-13/h7-8,11H,2-6,9,16H2,1H3,(H,17,19). The van der Waals surface area contributed by atoms with Crippen molar-refractivity contribution in [3.63, 3.8) is 0 Å². The molecule has 1 aromatic carbocycles. The monoisotopic (exact) mass is 275 g/mol. The van der Waals surface area contributed by atoms with Crippen LogP contribution in [0.3, 0.4) is 0 Å². The first-order valence-corrected chi connectivity index (χ1v) is 7.26. The maximum atomic E-state index is 11.5. The lowest BCUT2D eigenvalue weighted by Crippen LogP contribution is -2.42. The van der Waals surface area contributed by atoms with Crippen LogP contribution in [0.25, 0.3) is 0 Å². The van der Waals surface area contributed by atoms with Crippen molar-refractivity contribution in [1.29, 1.82) is 0 Å². The molecule has 5 nitrogen and oxygen atoms in total. The lowest BCUT2D eigenvalue weighted by atomic mass is 10.0. The van der Waals surface area contributed by atoms with E-state index in [2.05, 4.69) is 17.1 Å². The van der Waals surface area contributed by atoms with E-state index in [4.69, 9.17) is 10.5 Å². The minimum absolute atomic E-state index is 0.0848. The first-order chi connectivity index (χ1) is 9.67. The van der Waals surface area contributed by atoms with Crippen molar-refractivity contribution in [3.05, 3.63) is 17.7 Å². The van der Waals surface area contributed by atoms with Gasteiger partial charge in [0, 0.05) is 25.2 Å². The molecule has 1 amide bonds. The van der Waals surface area contributed by atoms with Crippen LogP contribution < -0.4 is 16.0 Å². The molecule has 0 radical (unpaired) electrons. The molecule has 0 saturated carbocycles. The molecule has 0 aromatic heterocycles. The zero-order valence-corrected chi connectivity index (χ0v) is 11.8. The maximum Gasteiger partial charge on any atom is 0.224 e. The Bertz CT molecular complexity index is 530. The van der Waals surface area contributed by atoms with Crippen LogP contribution in [0.5, 0.6) is 0 Å². The molecule has 20 heavy (non-hydrogen) atoms. The molecule has 1 unspecified atom stereocenters. The van der Waals surface area contributed by atoms with Gasteiger partial charge in [-0.15, -0.1) is 0 Å². The number of hydrogen-bond acceptors (Lipinski definition) is 4. The van der Waals surface area contributed by atoms with Crippen molar-refractivity contribution in [2.75, 3.05) is 35.6 Å². The van der Waals surface area contributed by atoms with E-state index < -0.39 is 0 Å². The Balaban J connectivity index is 1.89. The average molecular weight is 275 g/mol. The maximum absolute atomic E-state index is 11.5. The van der Waals surface area contributed by atoms with Gasteiger partial charge < -0.3 is 20.7 Å². The number of aryl methyl sites for hydroxylation is 1. The molecule has 2 aliphatic rings. The normalized spacial score (nSPS) is 22.4. The Kier molecular flexibility index (Phi) is 3.53. The minimum atomic E-state index is 0.0848. The van der Waals surface area contributed by atoms with E-state index in [0.717, 1.165) is 55.2 Å². The minimum Gasteiger partial charge on any atom is -0.397 e. The third-order valence-corrected chi connectivity index (χ3v) is 4.08. The lowest BCUT2D eigenvalue weighted by Gasteiger charge is -2.35. The van der Waals surface area contributed by atoms with Crippen LogP contribution in [0.2, 0.25) is 0 Å². The molecular weight excluding hydrogens is 254 g/mol. The number of carbonyl (C=O) groups is 1. The molecule has 5 heteroatoms. The fourth-order valence-electron chi connectivity index (χ4n) is 2.90. The highest BCUT2D eigenvalue weighted by atomic mass is 16.5. The second kappa shape index (κ2) is 5.32. The number of nitrogen functional groups attached to an aromatic ring is 1. The van der Waals surface area contributed by atoms with Crippen LogP contribution in [0, 0.1) is 0 Å². The fourth-order valence-corrected chi connectivity index (χ4v) is 2.90. The van der Waals surface area contributed by atoms with E-state index in [1.165, 1.54) is 0 Å². The van der Waals surface area contributed by atoms with Gasteiger partial charge in [0.2, 0.25) is 5.91 Å². The lowest BCUT2D eigenvalue weighted by molar-refractivity contribution is -0.116. The van der Waals surface area contributed by atoms with Crippen molar-refractivity contribution >= 4 is 23.0 Å². The van der Waals surface area contributed by atoms with E-state index in [1.54, 1.807) is 0 Å². The van der Waals surface area contributed by atoms with Crippen molar-refractivity contribution in [3.8, 4) is 0 Å². The van der Waals surface area contributed by atoms with Crippen LogP contribution >= 0.6 is 0 Å². The number of carbonyl (C=O) groups excluding carboxylic acids is 1. The Morgan fingerprint density at radius 3 is 3.10 bits per heavy atom. The molecule has 2 heterocycles. The van der Waals surface area contributed by atoms with Gasteiger partial charge in [-0.05, 0) is 30.5 Å². The van der Waals surface area contributed by atoms with Crippen LogP contribution in [0.4, 0.5) is 17.1 Å². The molecule has 3 rings (SSSR count). The van der Waals surface area contributed by atoms with Crippen LogP contribution in [-0.4, -0.2) is 31.7 Å². The highest BCUT2D eigenvalue weighted by Gasteiger charge is 2.23. The molecule has 1 saturated heterocycles. The van der Waals surface area contributed by atoms with Gasteiger partial charge in [-0.1, -0.05) is 6.92 Å². The molecule has 0 bridgehead atoms. The number of anilines is 3. The van der Waals surface area contributed by atoms with E-state index in [-0.39, 0.29) is 12.0 Å². The predicted molar refractivity (Wildman–Crippen MR) is 80.0 cm³/mol. The van der Waals surface area contributed by atoms with E-state index in [0.29, 0.717) is 6.42 Å². The third kappa shape index (κ3) is 2.45. The number of nitrogens with one attached hydrogen (secondary N) is 1. The molecule has 3 N–H and O–H groups in total. The Morgan fingerprint density at radius 2 is 2.30 bits per heavy atom. The number of rotatable bonds is 2. The SMILES string of the molecule is CCC1CN(c2cc3c(cc2N)CCC(=O)N3)CCO1.